The third-order valence-corrected chi connectivity index (χ3v) is 9.34. The summed E-state index contributed by atoms with van der Waals surface area (Å²) in [4.78, 5) is 12.0. The fourth-order valence-electron chi connectivity index (χ4n) is 5.26. The lowest BCUT2D eigenvalue weighted by atomic mass is 10.0. The molecule has 5 heterocycles. The van der Waals surface area contributed by atoms with E-state index in [0.717, 1.165) is 41.7 Å². The molecule has 2 aliphatic heterocycles. The Bertz CT molecular complexity index is 1320. The number of hydrogen-bond donors (Lipinski definition) is 0. The molecule has 34 heavy (non-hydrogen) atoms. The maximum absolute atomic E-state index is 12.9. The number of fused-ring (bicyclic) bond motifs is 1. The van der Waals surface area contributed by atoms with Crippen LogP contribution in [0.2, 0.25) is 0 Å². The minimum absolute atomic E-state index is 0.136. The summed E-state index contributed by atoms with van der Waals surface area (Å²) in [6.45, 7) is 3.39. The lowest BCUT2D eigenvalue weighted by Crippen LogP contribution is -2.37. The van der Waals surface area contributed by atoms with Crippen LogP contribution in [0.5, 0.6) is 0 Å². The summed E-state index contributed by atoms with van der Waals surface area (Å²) in [5.74, 6) is 0.773. The van der Waals surface area contributed by atoms with Gasteiger partial charge in [0.2, 0.25) is 0 Å². The molecule has 1 unspecified atom stereocenters. The summed E-state index contributed by atoms with van der Waals surface area (Å²) in [6.07, 6.45) is 9.01. The molecular formula is C24H29N5O4S. The van der Waals surface area contributed by atoms with Crippen LogP contribution in [0.3, 0.4) is 0 Å². The molecule has 1 atom stereocenters. The first-order chi connectivity index (χ1) is 16.5. The zero-order chi connectivity index (χ0) is 23.3. The fourth-order valence-corrected chi connectivity index (χ4v) is 6.67. The van der Waals surface area contributed by atoms with Crippen molar-refractivity contribution in [3.05, 3.63) is 36.2 Å². The number of pyridine rings is 2. The fraction of sp³-hybridized carbons (Fsp3) is 0.542. The molecule has 3 aromatic heterocycles. The number of nitrogens with zero attached hydrogens (tertiary/aromatic N) is 5. The number of morpholine rings is 1. The van der Waals surface area contributed by atoms with E-state index < -0.39 is 14.6 Å². The van der Waals surface area contributed by atoms with Crippen LogP contribution in [0.1, 0.15) is 43.9 Å². The molecule has 3 aliphatic rings. The molecule has 9 nitrogen and oxygen atoms in total. The van der Waals surface area contributed by atoms with E-state index in [1.54, 1.807) is 12.4 Å². The van der Waals surface area contributed by atoms with Gasteiger partial charge in [-0.15, -0.1) is 0 Å². The van der Waals surface area contributed by atoms with Gasteiger partial charge in [-0.25, -0.2) is 18.1 Å². The van der Waals surface area contributed by atoms with Crippen LogP contribution in [0, 0.1) is 0 Å². The second kappa shape index (κ2) is 8.28. The maximum atomic E-state index is 12.9. The molecule has 6 rings (SSSR count). The summed E-state index contributed by atoms with van der Waals surface area (Å²) in [5.41, 5.74) is 3.06. The Labute approximate surface area is 199 Å². The molecule has 0 amide bonds. The second-order valence-electron chi connectivity index (χ2n) is 9.43. The molecule has 180 valence electrons. The molecule has 0 bridgehead atoms. The average molecular weight is 484 g/mol. The highest BCUT2D eigenvalue weighted by Gasteiger charge is 2.54. The van der Waals surface area contributed by atoms with Crippen LogP contribution >= 0.6 is 0 Å². The topological polar surface area (TPSA) is 99.4 Å². The minimum atomic E-state index is -3.30. The van der Waals surface area contributed by atoms with Gasteiger partial charge in [0.1, 0.15) is 17.0 Å². The first kappa shape index (κ1) is 21.9. The summed E-state index contributed by atoms with van der Waals surface area (Å²) in [6, 6.07) is 5.81. The zero-order valence-corrected chi connectivity index (χ0v) is 20.1. The number of ether oxygens (including phenoxy) is 2. The van der Waals surface area contributed by atoms with Crippen LogP contribution in [0.15, 0.2) is 30.6 Å². The van der Waals surface area contributed by atoms with Gasteiger partial charge in [0.05, 0.1) is 23.7 Å². The van der Waals surface area contributed by atoms with Gasteiger partial charge in [-0.05, 0) is 55.9 Å². The van der Waals surface area contributed by atoms with Gasteiger partial charge >= 0.3 is 0 Å². The van der Waals surface area contributed by atoms with Crippen LogP contribution in [0.25, 0.3) is 22.3 Å². The Morgan fingerprint density at radius 1 is 1.09 bits per heavy atom. The SMILES string of the molecule is CS(=O)(=O)C1(c2cc(N3CCOCC3)nc3c(-c4ccnn4C4CCCCO4)nccc23)CC1. The molecule has 1 saturated carbocycles. The summed E-state index contributed by atoms with van der Waals surface area (Å²) < 4.78 is 38.4. The average Bonchev–Trinajstić information content (AvgIpc) is 3.55. The number of hydrogen-bond acceptors (Lipinski definition) is 8. The number of sulfone groups is 1. The Morgan fingerprint density at radius 3 is 2.62 bits per heavy atom. The van der Waals surface area contributed by atoms with Crippen molar-refractivity contribution in [1.29, 1.82) is 0 Å². The van der Waals surface area contributed by atoms with Crippen molar-refractivity contribution in [3.63, 3.8) is 0 Å². The van der Waals surface area contributed by atoms with Crippen LogP contribution < -0.4 is 4.90 Å². The molecular weight excluding hydrogens is 454 g/mol. The summed E-state index contributed by atoms with van der Waals surface area (Å²) >= 11 is 0. The predicted octanol–water partition coefficient (Wildman–Crippen LogP) is 3.06. The van der Waals surface area contributed by atoms with Crippen molar-refractivity contribution in [1.82, 2.24) is 19.7 Å². The Balaban J connectivity index is 1.56. The van der Waals surface area contributed by atoms with E-state index >= 15 is 0 Å². The van der Waals surface area contributed by atoms with E-state index in [1.807, 2.05) is 22.9 Å². The molecule has 2 saturated heterocycles. The highest BCUT2D eigenvalue weighted by atomic mass is 32.2. The van der Waals surface area contributed by atoms with Crippen molar-refractivity contribution in [2.75, 3.05) is 44.1 Å². The maximum Gasteiger partial charge on any atom is 0.157 e. The quantitative estimate of drug-likeness (QED) is 0.546. The zero-order valence-electron chi connectivity index (χ0n) is 19.3. The second-order valence-corrected chi connectivity index (χ2v) is 11.8. The molecule has 0 radical (unpaired) electrons. The van der Waals surface area contributed by atoms with Crippen LogP contribution in [-0.2, 0) is 24.1 Å². The monoisotopic (exact) mass is 483 g/mol. The largest absolute Gasteiger partial charge is 0.378 e. The number of aromatic nitrogens is 4. The molecule has 0 aromatic carbocycles. The van der Waals surface area contributed by atoms with Gasteiger partial charge < -0.3 is 14.4 Å². The molecule has 3 aromatic rings. The van der Waals surface area contributed by atoms with Gasteiger partial charge in [0, 0.05) is 43.7 Å². The lowest BCUT2D eigenvalue weighted by Gasteiger charge is -2.29. The van der Waals surface area contributed by atoms with Crippen LogP contribution in [0.4, 0.5) is 5.82 Å². The molecule has 0 spiro atoms. The molecule has 0 N–H and O–H groups in total. The smallest absolute Gasteiger partial charge is 0.157 e. The Hall–Kier alpha value is -2.56. The third-order valence-electron chi connectivity index (χ3n) is 7.30. The number of rotatable bonds is 5. The Morgan fingerprint density at radius 2 is 1.91 bits per heavy atom. The molecule has 3 fully saturated rings. The normalized spacial score (nSPS) is 22.7. The van der Waals surface area contributed by atoms with Gasteiger partial charge in [-0.3, -0.25) is 4.98 Å². The van der Waals surface area contributed by atoms with E-state index in [1.165, 1.54) is 6.26 Å². The van der Waals surface area contributed by atoms with Gasteiger partial charge in [0.15, 0.2) is 16.1 Å². The highest BCUT2D eigenvalue weighted by Crippen LogP contribution is 2.55. The van der Waals surface area contributed by atoms with E-state index in [2.05, 4.69) is 10.00 Å². The van der Waals surface area contributed by atoms with Crippen molar-refractivity contribution < 1.29 is 17.9 Å². The summed E-state index contributed by atoms with van der Waals surface area (Å²) in [7, 11) is -3.30. The highest BCUT2D eigenvalue weighted by molar-refractivity contribution is 7.92. The van der Waals surface area contributed by atoms with Gasteiger partial charge in [0.25, 0.3) is 0 Å². The van der Waals surface area contributed by atoms with E-state index in [9.17, 15) is 8.42 Å². The van der Waals surface area contributed by atoms with Gasteiger partial charge in [-0.1, -0.05) is 0 Å². The van der Waals surface area contributed by atoms with E-state index in [0.29, 0.717) is 57.0 Å². The van der Waals surface area contributed by atoms with Gasteiger partial charge in [-0.2, -0.15) is 5.10 Å². The first-order valence-corrected chi connectivity index (χ1v) is 13.9. The van der Waals surface area contributed by atoms with E-state index in [-0.39, 0.29) is 6.23 Å². The number of anilines is 1. The van der Waals surface area contributed by atoms with Crippen molar-refractivity contribution >= 4 is 26.6 Å². The predicted molar refractivity (Wildman–Crippen MR) is 128 cm³/mol. The Kier molecular flexibility index (Phi) is 5.34. The van der Waals surface area contributed by atoms with Crippen molar-refractivity contribution in [2.45, 2.75) is 43.1 Å². The van der Waals surface area contributed by atoms with E-state index in [4.69, 9.17) is 19.4 Å². The summed E-state index contributed by atoms with van der Waals surface area (Å²) in [5, 5.41) is 5.39. The first-order valence-electron chi connectivity index (χ1n) is 12.0. The molecule has 1 aliphatic carbocycles. The third kappa shape index (κ3) is 3.59. The lowest BCUT2D eigenvalue weighted by molar-refractivity contribution is -0.0383. The van der Waals surface area contributed by atoms with Crippen molar-refractivity contribution in [3.8, 4) is 11.4 Å². The van der Waals surface area contributed by atoms with Crippen LogP contribution in [-0.4, -0.2) is 67.3 Å². The standard InChI is InChI=1S/C24H29N5O4S/c1-34(30,31)24(7-8-24)18-16-20(28-11-14-32-15-12-28)27-22-17(18)5-9-25-23(22)19-6-10-26-29(19)21-4-2-3-13-33-21/h5-6,9-10,16,21H,2-4,7-8,11-15H2,1H3. The van der Waals surface area contributed by atoms with Crippen molar-refractivity contribution in [2.24, 2.45) is 0 Å². The molecule has 10 heteroatoms. The minimum Gasteiger partial charge on any atom is -0.378 e.